The predicted molar refractivity (Wildman–Crippen MR) is 149 cm³/mol. The van der Waals surface area contributed by atoms with Crippen LogP contribution in [0.15, 0.2) is 53.3 Å². The van der Waals surface area contributed by atoms with Gasteiger partial charge in [-0.3, -0.25) is 19.7 Å². The number of carbonyl (C=O) groups is 1. The second kappa shape index (κ2) is 13.6. The van der Waals surface area contributed by atoms with Gasteiger partial charge in [-0.1, -0.05) is 32.0 Å². The lowest BCUT2D eigenvalue weighted by atomic mass is 10.1. The number of benzene rings is 2. The Morgan fingerprint density at radius 1 is 1.03 bits per heavy atom. The van der Waals surface area contributed by atoms with Gasteiger partial charge >= 0.3 is 11.2 Å². The highest BCUT2D eigenvalue weighted by atomic mass is 19.1. The minimum Gasteiger partial charge on any atom is -0.362 e. The minimum absolute atomic E-state index is 0. The molecule has 206 valence electrons. The van der Waals surface area contributed by atoms with Crippen LogP contribution >= 0.6 is 0 Å². The highest BCUT2D eigenvalue weighted by molar-refractivity contribution is 5.97. The van der Waals surface area contributed by atoms with E-state index >= 15 is 0 Å². The Bertz CT molecular complexity index is 1300. The molecular formula is C27H37FN6O4. The first-order valence-corrected chi connectivity index (χ1v) is 12.5. The Balaban J connectivity index is 0.00000165. The largest absolute Gasteiger partial charge is 0.362 e. The van der Waals surface area contributed by atoms with Crippen molar-refractivity contribution in [2.45, 2.75) is 26.8 Å². The standard InChI is InChI=1S/C25H28FN5O4.C2H6.H3N/c1-27(2)12-5-13-30-21-7-4-3-6-20(21)22(23(25(30)33)31(34)35)28-14-16-29(17-15-28)24(32)18-8-10-19(26)11-9-18;1-2;/h3-4,6-11H,5,12-17H2,1-2H3;1-2H3;1H3. The van der Waals surface area contributed by atoms with Crippen molar-refractivity contribution < 1.29 is 14.1 Å². The van der Waals surface area contributed by atoms with Gasteiger partial charge in [-0.2, -0.15) is 0 Å². The Kier molecular flexibility index (Phi) is 10.9. The van der Waals surface area contributed by atoms with Gasteiger partial charge in [-0.05, 0) is 57.4 Å². The summed E-state index contributed by atoms with van der Waals surface area (Å²) >= 11 is 0. The van der Waals surface area contributed by atoms with Crippen LogP contribution in [0.5, 0.6) is 0 Å². The Morgan fingerprint density at radius 3 is 2.21 bits per heavy atom. The molecule has 3 aromatic rings. The van der Waals surface area contributed by atoms with E-state index in [0.717, 1.165) is 6.54 Å². The number of nitro groups is 1. The maximum atomic E-state index is 13.3. The van der Waals surface area contributed by atoms with Gasteiger partial charge in [0.2, 0.25) is 0 Å². The van der Waals surface area contributed by atoms with Crippen molar-refractivity contribution in [3.8, 4) is 0 Å². The smallest absolute Gasteiger partial charge is 0.357 e. The van der Waals surface area contributed by atoms with Crippen LogP contribution in [0.3, 0.4) is 0 Å². The molecule has 1 amide bonds. The molecule has 38 heavy (non-hydrogen) atoms. The molecule has 1 aliphatic rings. The van der Waals surface area contributed by atoms with Gasteiger partial charge in [0.25, 0.3) is 5.91 Å². The number of aromatic nitrogens is 1. The van der Waals surface area contributed by atoms with Crippen molar-refractivity contribution >= 4 is 28.2 Å². The van der Waals surface area contributed by atoms with Crippen molar-refractivity contribution in [2.75, 3.05) is 51.7 Å². The van der Waals surface area contributed by atoms with Gasteiger partial charge in [0.15, 0.2) is 0 Å². The molecule has 3 N–H and O–H groups in total. The summed E-state index contributed by atoms with van der Waals surface area (Å²) in [6.45, 7) is 6.45. The van der Waals surface area contributed by atoms with E-state index in [1.807, 2.05) is 49.9 Å². The summed E-state index contributed by atoms with van der Waals surface area (Å²) in [6, 6.07) is 12.6. The van der Waals surface area contributed by atoms with Crippen LogP contribution in [-0.2, 0) is 6.54 Å². The zero-order chi connectivity index (χ0) is 27.1. The third-order valence-electron chi connectivity index (χ3n) is 6.27. The number of para-hydroxylation sites is 1. The van der Waals surface area contributed by atoms with Crippen molar-refractivity contribution in [1.82, 2.24) is 20.5 Å². The molecule has 0 radical (unpaired) electrons. The first kappa shape index (κ1) is 30.4. The first-order chi connectivity index (χ1) is 17.8. The van der Waals surface area contributed by atoms with E-state index in [1.54, 1.807) is 17.0 Å². The zero-order valence-electron chi connectivity index (χ0n) is 22.5. The predicted octanol–water partition coefficient (Wildman–Crippen LogP) is 4.15. The molecule has 4 rings (SSSR count). The Hall–Kier alpha value is -3.83. The number of pyridine rings is 1. The maximum Gasteiger partial charge on any atom is 0.357 e. The fourth-order valence-corrected chi connectivity index (χ4v) is 4.54. The van der Waals surface area contributed by atoms with Gasteiger partial charge < -0.3 is 25.4 Å². The molecule has 2 aromatic carbocycles. The average Bonchev–Trinajstić information content (AvgIpc) is 2.90. The van der Waals surface area contributed by atoms with Crippen molar-refractivity contribution in [1.29, 1.82) is 0 Å². The number of aryl methyl sites for hydroxylation is 1. The summed E-state index contributed by atoms with van der Waals surface area (Å²) < 4.78 is 14.7. The summed E-state index contributed by atoms with van der Waals surface area (Å²) in [4.78, 5) is 43.1. The number of rotatable bonds is 7. The maximum absolute atomic E-state index is 13.3. The molecule has 0 spiro atoms. The lowest BCUT2D eigenvalue weighted by molar-refractivity contribution is -0.385. The summed E-state index contributed by atoms with van der Waals surface area (Å²) in [5.41, 5.74) is 0.283. The third-order valence-corrected chi connectivity index (χ3v) is 6.27. The van der Waals surface area contributed by atoms with Gasteiger partial charge in [0, 0.05) is 43.7 Å². The van der Waals surface area contributed by atoms with Crippen molar-refractivity contribution in [3.63, 3.8) is 0 Å². The van der Waals surface area contributed by atoms with E-state index in [1.165, 1.54) is 28.8 Å². The second-order valence-corrected chi connectivity index (χ2v) is 8.87. The van der Waals surface area contributed by atoms with Gasteiger partial charge in [0.05, 0.1) is 10.4 Å². The molecule has 10 nitrogen and oxygen atoms in total. The highest BCUT2D eigenvalue weighted by Crippen LogP contribution is 2.34. The molecule has 1 saturated heterocycles. The zero-order valence-corrected chi connectivity index (χ0v) is 22.5. The molecule has 0 aliphatic carbocycles. The van der Waals surface area contributed by atoms with E-state index in [0.29, 0.717) is 61.3 Å². The number of carbonyl (C=O) groups excluding carboxylic acids is 1. The monoisotopic (exact) mass is 528 g/mol. The van der Waals surface area contributed by atoms with Crippen LogP contribution in [0.1, 0.15) is 30.6 Å². The van der Waals surface area contributed by atoms with E-state index in [9.17, 15) is 24.1 Å². The van der Waals surface area contributed by atoms with Crippen molar-refractivity contribution in [3.05, 3.63) is 80.4 Å². The number of halogens is 1. The fraction of sp³-hybridized carbons (Fsp3) is 0.407. The highest BCUT2D eigenvalue weighted by Gasteiger charge is 2.32. The molecule has 0 bridgehead atoms. The van der Waals surface area contributed by atoms with Gasteiger partial charge in [-0.15, -0.1) is 0 Å². The molecule has 0 atom stereocenters. The molecule has 1 fully saturated rings. The van der Waals surface area contributed by atoms with Crippen molar-refractivity contribution in [2.24, 2.45) is 0 Å². The van der Waals surface area contributed by atoms with Gasteiger partial charge in [0.1, 0.15) is 11.5 Å². The summed E-state index contributed by atoms with van der Waals surface area (Å²) in [5, 5.41) is 12.8. The average molecular weight is 529 g/mol. The van der Waals surface area contributed by atoms with Crippen LogP contribution < -0.4 is 16.6 Å². The summed E-state index contributed by atoms with van der Waals surface area (Å²) in [6.07, 6.45) is 0.678. The van der Waals surface area contributed by atoms with E-state index in [4.69, 9.17) is 0 Å². The van der Waals surface area contributed by atoms with Crippen LogP contribution in [0.2, 0.25) is 0 Å². The third kappa shape index (κ3) is 6.53. The van der Waals surface area contributed by atoms with E-state index < -0.39 is 22.0 Å². The number of fused-ring (bicyclic) bond motifs is 1. The topological polar surface area (TPSA) is 127 Å². The summed E-state index contributed by atoms with van der Waals surface area (Å²) in [5.74, 6) is -0.637. The lowest BCUT2D eigenvalue weighted by Crippen LogP contribution is -2.49. The molecular weight excluding hydrogens is 491 g/mol. The quantitative estimate of drug-likeness (QED) is 0.360. The number of amides is 1. The second-order valence-electron chi connectivity index (χ2n) is 8.87. The Morgan fingerprint density at radius 2 is 1.63 bits per heavy atom. The normalized spacial score (nSPS) is 13.1. The Labute approximate surface area is 222 Å². The number of hydrogen-bond acceptors (Lipinski definition) is 7. The number of piperazine rings is 1. The van der Waals surface area contributed by atoms with Gasteiger partial charge in [-0.25, -0.2) is 4.39 Å². The molecule has 0 unspecified atom stereocenters. The van der Waals surface area contributed by atoms with E-state index in [2.05, 4.69) is 0 Å². The minimum atomic E-state index is -0.618. The molecule has 1 aliphatic heterocycles. The van der Waals surface area contributed by atoms with Crippen LogP contribution in [0, 0.1) is 15.9 Å². The van der Waals surface area contributed by atoms with E-state index in [-0.39, 0.29) is 12.1 Å². The number of anilines is 1. The SMILES string of the molecule is CC.CN(C)CCCn1c(=O)c([N+](=O)[O-])c(N2CCN(C(=O)c3ccc(F)cc3)CC2)c2ccccc21.N. The van der Waals surface area contributed by atoms with Crippen LogP contribution in [0.4, 0.5) is 15.8 Å². The first-order valence-electron chi connectivity index (χ1n) is 12.5. The summed E-state index contributed by atoms with van der Waals surface area (Å²) in [7, 11) is 3.87. The molecule has 1 aromatic heterocycles. The fourth-order valence-electron chi connectivity index (χ4n) is 4.54. The molecule has 0 saturated carbocycles. The number of nitrogens with zero attached hydrogens (tertiary/aromatic N) is 5. The molecule has 11 heteroatoms. The van der Waals surface area contributed by atoms with Crippen LogP contribution in [-0.4, -0.2) is 72.0 Å². The number of hydrogen-bond donors (Lipinski definition) is 1. The molecule has 2 heterocycles. The lowest BCUT2D eigenvalue weighted by Gasteiger charge is -2.36. The van der Waals surface area contributed by atoms with Crippen LogP contribution in [0.25, 0.3) is 10.9 Å².